The third kappa shape index (κ3) is 5.65. The fourth-order valence-electron chi connectivity index (χ4n) is 2.28. The Bertz CT molecular complexity index is 311. The Balaban J connectivity index is 2.59. The molecule has 0 aromatic heterocycles. The minimum Gasteiger partial charge on any atom is -0.387 e. The van der Waals surface area contributed by atoms with Crippen LogP contribution in [0.15, 0.2) is 30.3 Å². The van der Waals surface area contributed by atoms with Gasteiger partial charge in [-0.15, -0.1) is 0 Å². The second-order valence-electron chi connectivity index (χ2n) is 5.93. The van der Waals surface area contributed by atoms with Gasteiger partial charge in [-0.3, -0.25) is 4.90 Å². The van der Waals surface area contributed by atoms with Gasteiger partial charge in [0.05, 0.1) is 6.10 Å². The third-order valence-electron chi connectivity index (χ3n) is 2.86. The van der Waals surface area contributed by atoms with Crippen molar-refractivity contribution in [1.29, 1.82) is 0 Å². The van der Waals surface area contributed by atoms with Gasteiger partial charge in [-0.1, -0.05) is 58.0 Å². The van der Waals surface area contributed by atoms with E-state index in [-0.39, 0.29) is 6.10 Å². The highest BCUT2D eigenvalue weighted by molar-refractivity contribution is 5.17. The van der Waals surface area contributed by atoms with E-state index in [0.717, 1.165) is 25.2 Å². The van der Waals surface area contributed by atoms with E-state index < -0.39 is 0 Å². The van der Waals surface area contributed by atoms with Gasteiger partial charge in [-0.05, 0) is 17.4 Å². The van der Waals surface area contributed by atoms with Crippen LogP contribution in [0.3, 0.4) is 0 Å². The largest absolute Gasteiger partial charge is 0.387 e. The van der Waals surface area contributed by atoms with Gasteiger partial charge in [0.1, 0.15) is 0 Å². The molecule has 18 heavy (non-hydrogen) atoms. The van der Waals surface area contributed by atoms with Crippen LogP contribution >= 0.6 is 0 Å². The van der Waals surface area contributed by atoms with Crippen LogP contribution in [0.5, 0.6) is 0 Å². The molecule has 1 aromatic carbocycles. The number of hydrogen-bond acceptors (Lipinski definition) is 2. The van der Waals surface area contributed by atoms with Crippen LogP contribution in [0, 0.1) is 11.8 Å². The first kappa shape index (κ1) is 15.2. The summed E-state index contributed by atoms with van der Waals surface area (Å²) in [5.74, 6) is 1.26. The molecule has 2 nitrogen and oxygen atoms in total. The van der Waals surface area contributed by atoms with Gasteiger partial charge in [0.2, 0.25) is 0 Å². The molecule has 0 aliphatic carbocycles. The maximum Gasteiger partial charge on any atom is 0.0916 e. The van der Waals surface area contributed by atoms with Crippen molar-refractivity contribution in [3.63, 3.8) is 0 Å². The molecule has 1 unspecified atom stereocenters. The van der Waals surface area contributed by atoms with E-state index in [2.05, 4.69) is 32.6 Å². The Morgan fingerprint density at radius 1 is 0.889 bits per heavy atom. The quantitative estimate of drug-likeness (QED) is 0.801. The molecule has 102 valence electrons. The molecule has 0 saturated carbocycles. The fourth-order valence-corrected chi connectivity index (χ4v) is 2.28. The number of hydrogen-bond donors (Lipinski definition) is 1. The molecule has 0 fully saturated rings. The molecule has 1 atom stereocenters. The number of nitrogens with zero attached hydrogens (tertiary/aromatic N) is 1. The molecule has 0 radical (unpaired) electrons. The van der Waals surface area contributed by atoms with Crippen molar-refractivity contribution in [2.75, 3.05) is 19.6 Å². The van der Waals surface area contributed by atoms with E-state index in [1.165, 1.54) is 0 Å². The first-order valence-corrected chi connectivity index (χ1v) is 6.94. The van der Waals surface area contributed by atoms with E-state index in [0.29, 0.717) is 11.8 Å². The van der Waals surface area contributed by atoms with Crippen LogP contribution in [0.2, 0.25) is 0 Å². The summed E-state index contributed by atoms with van der Waals surface area (Å²) in [7, 11) is 0. The van der Waals surface area contributed by atoms with Crippen molar-refractivity contribution in [2.45, 2.75) is 33.8 Å². The van der Waals surface area contributed by atoms with Crippen molar-refractivity contribution < 1.29 is 5.11 Å². The lowest BCUT2D eigenvalue weighted by Crippen LogP contribution is -2.34. The van der Waals surface area contributed by atoms with Crippen LogP contribution in [0.4, 0.5) is 0 Å². The number of aliphatic hydroxyl groups excluding tert-OH is 1. The molecule has 0 heterocycles. The van der Waals surface area contributed by atoms with Crippen molar-refractivity contribution >= 4 is 0 Å². The van der Waals surface area contributed by atoms with E-state index in [1.807, 2.05) is 30.3 Å². The molecule has 1 N–H and O–H groups in total. The summed E-state index contributed by atoms with van der Waals surface area (Å²) in [6.45, 7) is 11.7. The van der Waals surface area contributed by atoms with E-state index >= 15 is 0 Å². The summed E-state index contributed by atoms with van der Waals surface area (Å²) in [5, 5.41) is 10.3. The predicted molar refractivity (Wildman–Crippen MR) is 77.5 cm³/mol. The SMILES string of the molecule is CC(C)CN(CC(C)C)CC(O)c1ccccc1. The van der Waals surface area contributed by atoms with E-state index in [1.54, 1.807) is 0 Å². The zero-order valence-corrected chi connectivity index (χ0v) is 12.1. The standard InChI is InChI=1S/C16H27NO/c1-13(2)10-17(11-14(3)4)12-16(18)15-8-6-5-7-9-15/h5-9,13-14,16,18H,10-12H2,1-4H3. The van der Waals surface area contributed by atoms with Gasteiger partial charge in [0.25, 0.3) is 0 Å². The second-order valence-corrected chi connectivity index (χ2v) is 5.93. The Hall–Kier alpha value is -0.860. The van der Waals surface area contributed by atoms with Crippen molar-refractivity contribution in [3.8, 4) is 0 Å². The zero-order chi connectivity index (χ0) is 13.5. The molecule has 0 bridgehead atoms. The van der Waals surface area contributed by atoms with Crippen LogP contribution in [-0.2, 0) is 0 Å². The molecule has 0 aliphatic rings. The van der Waals surface area contributed by atoms with Crippen LogP contribution in [-0.4, -0.2) is 29.6 Å². The van der Waals surface area contributed by atoms with Crippen LogP contribution in [0.25, 0.3) is 0 Å². The maximum absolute atomic E-state index is 10.3. The Labute approximate surface area is 112 Å². The molecular formula is C16H27NO. The smallest absolute Gasteiger partial charge is 0.0916 e. The first-order chi connectivity index (χ1) is 8.49. The summed E-state index contributed by atoms with van der Waals surface area (Å²) in [4.78, 5) is 2.37. The second kappa shape index (κ2) is 7.55. The Morgan fingerprint density at radius 2 is 1.39 bits per heavy atom. The van der Waals surface area contributed by atoms with Crippen molar-refractivity contribution in [3.05, 3.63) is 35.9 Å². The molecule has 1 rings (SSSR count). The number of benzene rings is 1. The average molecular weight is 249 g/mol. The number of aliphatic hydroxyl groups is 1. The van der Waals surface area contributed by atoms with Gasteiger partial charge >= 0.3 is 0 Å². The van der Waals surface area contributed by atoms with Gasteiger partial charge < -0.3 is 5.11 Å². The highest BCUT2D eigenvalue weighted by Gasteiger charge is 2.15. The van der Waals surface area contributed by atoms with Gasteiger partial charge in [0.15, 0.2) is 0 Å². The van der Waals surface area contributed by atoms with Crippen LogP contribution in [0.1, 0.15) is 39.4 Å². The summed E-state index contributed by atoms with van der Waals surface area (Å²) in [5.41, 5.74) is 1.01. The highest BCUT2D eigenvalue weighted by atomic mass is 16.3. The monoisotopic (exact) mass is 249 g/mol. The lowest BCUT2D eigenvalue weighted by atomic mass is 10.1. The van der Waals surface area contributed by atoms with Gasteiger partial charge in [-0.25, -0.2) is 0 Å². The van der Waals surface area contributed by atoms with Crippen molar-refractivity contribution in [2.24, 2.45) is 11.8 Å². The summed E-state index contributed by atoms with van der Waals surface area (Å²) < 4.78 is 0. The van der Waals surface area contributed by atoms with Gasteiger partial charge in [-0.2, -0.15) is 0 Å². The molecule has 0 amide bonds. The predicted octanol–water partition coefficient (Wildman–Crippen LogP) is 3.33. The lowest BCUT2D eigenvalue weighted by molar-refractivity contribution is 0.0987. The minimum absolute atomic E-state index is 0.385. The summed E-state index contributed by atoms with van der Waals surface area (Å²) >= 11 is 0. The first-order valence-electron chi connectivity index (χ1n) is 6.94. The van der Waals surface area contributed by atoms with E-state index in [9.17, 15) is 5.11 Å². The number of rotatable bonds is 7. The minimum atomic E-state index is -0.385. The summed E-state index contributed by atoms with van der Waals surface area (Å²) in [6.07, 6.45) is -0.385. The highest BCUT2D eigenvalue weighted by Crippen LogP contribution is 2.15. The zero-order valence-electron chi connectivity index (χ0n) is 12.1. The average Bonchev–Trinajstić information content (AvgIpc) is 2.28. The molecule has 1 aromatic rings. The maximum atomic E-state index is 10.3. The Morgan fingerprint density at radius 3 is 1.83 bits per heavy atom. The van der Waals surface area contributed by atoms with Crippen molar-refractivity contribution in [1.82, 2.24) is 4.90 Å². The van der Waals surface area contributed by atoms with Crippen LogP contribution < -0.4 is 0 Å². The Kier molecular flexibility index (Phi) is 6.37. The molecule has 0 aliphatic heterocycles. The molecule has 0 spiro atoms. The van der Waals surface area contributed by atoms with Gasteiger partial charge in [0, 0.05) is 19.6 Å². The van der Waals surface area contributed by atoms with E-state index in [4.69, 9.17) is 0 Å². The molecule has 2 heteroatoms. The lowest BCUT2D eigenvalue weighted by Gasteiger charge is -2.28. The molecule has 0 saturated heterocycles. The topological polar surface area (TPSA) is 23.5 Å². The molecular weight excluding hydrogens is 222 g/mol. The normalized spacial score (nSPS) is 13.6. The summed E-state index contributed by atoms with van der Waals surface area (Å²) in [6, 6.07) is 9.93. The fraction of sp³-hybridized carbons (Fsp3) is 0.625. The third-order valence-corrected chi connectivity index (χ3v) is 2.86.